The Bertz CT molecular complexity index is 1080. The number of benzene rings is 2. The van der Waals surface area contributed by atoms with Gasteiger partial charge in [0.2, 0.25) is 10.0 Å². The highest BCUT2D eigenvalue weighted by atomic mass is 32.2. The van der Waals surface area contributed by atoms with Crippen LogP contribution in [0.15, 0.2) is 46.2 Å². The zero-order chi connectivity index (χ0) is 22.1. The fraction of sp³-hybridized carbons (Fsp3) is 0.278. The lowest BCUT2D eigenvalue weighted by molar-refractivity contribution is -0.385. The molecule has 0 bridgehead atoms. The molecule has 0 N–H and O–H groups in total. The number of sulfonamides is 1. The number of nitro benzene ring substituents is 1. The molecule has 12 heteroatoms. The fourth-order valence-electron chi connectivity index (χ4n) is 3.13. The lowest BCUT2D eigenvalue weighted by Crippen LogP contribution is -2.50. The topological polar surface area (TPSA) is 101 Å². The molecule has 1 amide bonds. The Kier molecular flexibility index (Phi) is 6.38. The van der Waals surface area contributed by atoms with Crippen LogP contribution in [-0.2, 0) is 10.0 Å². The van der Waals surface area contributed by atoms with E-state index in [0.717, 1.165) is 22.5 Å². The molecule has 0 spiro atoms. The summed E-state index contributed by atoms with van der Waals surface area (Å²) in [4.78, 5) is 24.4. The first-order valence-electron chi connectivity index (χ1n) is 8.72. The van der Waals surface area contributed by atoms with E-state index in [9.17, 15) is 32.1 Å². The maximum Gasteiger partial charge on any atom is 0.282 e. The predicted octanol–water partition coefficient (Wildman–Crippen LogP) is 2.74. The third-order valence-corrected chi connectivity index (χ3v) is 7.35. The minimum Gasteiger partial charge on any atom is -0.336 e. The monoisotopic (exact) mass is 457 g/mol. The van der Waals surface area contributed by atoms with Gasteiger partial charge in [-0.1, -0.05) is 6.07 Å². The number of amides is 1. The Balaban J connectivity index is 1.81. The van der Waals surface area contributed by atoms with E-state index in [1.54, 1.807) is 6.26 Å². The molecule has 0 atom stereocenters. The Morgan fingerprint density at radius 3 is 2.23 bits per heavy atom. The Morgan fingerprint density at radius 1 is 1.10 bits per heavy atom. The van der Waals surface area contributed by atoms with Crippen molar-refractivity contribution in [1.82, 2.24) is 9.21 Å². The molecule has 3 rings (SSSR count). The van der Waals surface area contributed by atoms with Gasteiger partial charge in [-0.15, -0.1) is 11.8 Å². The summed E-state index contributed by atoms with van der Waals surface area (Å²) in [6.45, 7) is -0.542. The number of rotatable bonds is 5. The van der Waals surface area contributed by atoms with Crippen LogP contribution in [0.3, 0.4) is 0 Å². The van der Waals surface area contributed by atoms with Crippen molar-refractivity contribution in [2.75, 3.05) is 32.4 Å². The van der Waals surface area contributed by atoms with Crippen molar-refractivity contribution in [2.24, 2.45) is 0 Å². The number of nitrogens with zero attached hydrogens (tertiary/aromatic N) is 3. The van der Waals surface area contributed by atoms with Crippen molar-refractivity contribution in [2.45, 2.75) is 9.79 Å². The van der Waals surface area contributed by atoms with Gasteiger partial charge in [0.25, 0.3) is 11.6 Å². The van der Waals surface area contributed by atoms with Crippen LogP contribution in [0, 0.1) is 21.7 Å². The molecule has 0 unspecified atom stereocenters. The van der Waals surface area contributed by atoms with E-state index in [4.69, 9.17) is 0 Å². The molecule has 8 nitrogen and oxygen atoms in total. The maximum absolute atomic E-state index is 13.9. The van der Waals surface area contributed by atoms with Crippen LogP contribution in [0.2, 0.25) is 0 Å². The first-order valence-corrected chi connectivity index (χ1v) is 11.4. The zero-order valence-electron chi connectivity index (χ0n) is 15.7. The summed E-state index contributed by atoms with van der Waals surface area (Å²) in [5.41, 5.74) is -0.440. The Morgan fingerprint density at radius 2 is 1.70 bits per heavy atom. The van der Waals surface area contributed by atoms with Crippen LogP contribution >= 0.6 is 11.8 Å². The minimum atomic E-state index is -4.44. The molecule has 1 saturated heterocycles. The summed E-state index contributed by atoms with van der Waals surface area (Å²) in [7, 11) is -4.44. The molecule has 2 aromatic rings. The Hall–Kier alpha value is -2.57. The van der Waals surface area contributed by atoms with Crippen LogP contribution in [-0.4, -0.2) is 60.9 Å². The molecule has 1 heterocycles. The van der Waals surface area contributed by atoms with E-state index in [0.29, 0.717) is 4.90 Å². The average molecular weight is 457 g/mol. The SMILES string of the molecule is CSc1ccc([N+](=O)[O-])c(C(=O)N2CCN(S(=O)(=O)c3c(F)cccc3F)CC2)c1. The van der Waals surface area contributed by atoms with Crippen molar-refractivity contribution < 1.29 is 26.9 Å². The van der Waals surface area contributed by atoms with Gasteiger partial charge in [0.05, 0.1) is 4.92 Å². The molecule has 160 valence electrons. The molecule has 30 heavy (non-hydrogen) atoms. The van der Waals surface area contributed by atoms with Crippen LogP contribution in [0.4, 0.5) is 14.5 Å². The van der Waals surface area contributed by atoms with Gasteiger partial charge >= 0.3 is 0 Å². The van der Waals surface area contributed by atoms with Crippen LogP contribution in [0.25, 0.3) is 0 Å². The second kappa shape index (κ2) is 8.66. The standard InChI is InChI=1S/C18H17F2N3O5S2/c1-29-12-5-6-16(23(25)26)13(11-12)18(24)21-7-9-22(10-8-21)30(27,28)17-14(19)3-2-4-15(17)20/h2-6,11H,7-10H2,1H3. The molecule has 0 radical (unpaired) electrons. The zero-order valence-corrected chi connectivity index (χ0v) is 17.4. The van der Waals surface area contributed by atoms with E-state index in [1.165, 1.54) is 34.9 Å². The summed E-state index contributed by atoms with van der Waals surface area (Å²) in [6, 6.07) is 6.98. The summed E-state index contributed by atoms with van der Waals surface area (Å²) < 4.78 is 54.1. The highest BCUT2D eigenvalue weighted by Crippen LogP contribution is 2.28. The normalized spacial score (nSPS) is 15.2. The quantitative estimate of drug-likeness (QED) is 0.389. The lowest BCUT2D eigenvalue weighted by atomic mass is 10.1. The molecule has 0 aromatic heterocycles. The summed E-state index contributed by atoms with van der Waals surface area (Å²) >= 11 is 1.32. The van der Waals surface area contributed by atoms with Crippen molar-refractivity contribution in [3.63, 3.8) is 0 Å². The highest BCUT2D eigenvalue weighted by molar-refractivity contribution is 7.98. The smallest absolute Gasteiger partial charge is 0.282 e. The molecular weight excluding hydrogens is 440 g/mol. The molecule has 1 fully saturated rings. The van der Waals surface area contributed by atoms with E-state index in [2.05, 4.69) is 0 Å². The third-order valence-electron chi connectivity index (χ3n) is 4.67. The molecule has 0 saturated carbocycles. The molecule has 1 aliphatic heterocycles. The fourth-order valence-corrected chi connectivity index (χ4v) is 5.10. The van der Waals surface area contributed by atoms with E-state index < -0.39 is 37.4 Å². The van der Waals surface area contributed by atoms with Gasteiger partial charge in [-0.25, -0.2) is 17.2 Å². The number of nitro groups is 1. The van der Waals surface area contributed by atoms with E-state index >= 15 is 0 Å². The van der Waals surface area contributed by atoms with Crippen LogP contribution in [0.5, 0.6) is 0 Å². The van der Waals surface area contributed by atoms with Gasteiger partial charge in [0, 0.05) is 37.1 Å². The van der Waals surface area contributed by atoms with Crippen LogP contribution in [0.1, 0.15) is 10.4 Å². The van der Waals surface area contributed by atoms with E-state index in [-0.39, 0.29) is 37.4 Å². The van der Waals surface area contributed by atoms with Crippen molar-refractivity contribution in [1.29, 1.82) is 0 Å². The van der Waals surface area contributed by atoms with Crippen LogP contribution < -0.4 is 0 Å². The molecule has 1 aliphatic rings. The second-order valence-electron chi connectivity index (χ2n) is 6.39. The van der Waals surface area contributed by atoms with E-state index in [1.807, 2.05) is 0 Å². The Labute approximate surface area is 175 Å². The van der Waals surface area contributed by atoms with Gasteiger partial charge < -0.3 is 4.90 Å². The van der Waals surface area contributed by atoms with Gasteiger partial charge in [0.1, 0.15) is 17.2 Å². The number of carbonyl (C=O) groups is 1. The van der Waals surface area contributed by atoms with Crippen molar-refractivity contribution >= 4 is 33.4 Å². The second-order valence-corrected chi connectivity index (χ2v) is 9.14. The average Bonchev–Trinajstić information content (AvgIpc) is 2.72. The number of hydrogen-bond acceptors (Lipinski definition) is 6. The van der Waals surface area contributed by atoms with Gasteiger partial charge in [-0.2, -0.15) is 4.31 Å². The number of piperazine rings is 1. The molecule has 0 aliphatic carbocycles. The van der Waals surface area contributed by atoms with Crippen molar-refractivity contribution in [3.05, 3.63) is 63.7 Å². The largest absolute Gasteiger partial charge is 0.336 e. The minimum absolute atomic E-state index is 0.0746. The number of carbonyl (C=O) groups excluding carboxylic acids is 1. The van der Waals surface area contributed by atoms with Gasteiger partial charge in [0.15, 0.2) is 4.90 Å². The summed E-state index contributed by atoms with van der Waals surface area (Å²) in [5.74, 6) is -3.00. The summed E-state index contributed by atoms with van der Waals surface area (Å²) in [5, 5.41) is 11.3. The first kappa shape index (κ1) is 22.1. The predicted molar refractivity (Wildman–Crippen MR) is 106 cm³/mol. The summed E-state index contributed by atoms with van der Waals surface area (Å²) in [6.07, 6.45) is 1.76. The third kappa shape index (κ3) is 4.16. The number of thioether (sulfide) groups is 1. The highest BCUT2D eigenvalue weighted by Gasteiger charge is 2.35. The van der Waals surface area contributed by atoms with Gasteiger partial charge in [-0.05, 0) is 30.5 Å². The first-order chi connectivity index (χ1) is 14.2. The van der Waals surface area contributed by atoms with Gasteiger partial charge in [-0.3, -0.25) is 14.9 Å². The number of halogens is 2. The maximum atomic E-state index is 13.9. The molecule has 2 aromatic carbocycles. The van der Waals surface area contributed by atoms with Crippen molar-refractivity contribution in [3.8, 4) is 0 Å². The molecular formula is C18H17F2N3O5S2. The lowest BCUT2D eigenvalue weighted by Gasteiger charge is -2.34. The number of hydrogen-bond donors (Lipinski definition) is 0.